The number of nitrogens with one attached hydrogen (secondary N) is 2. The van der Waals surface area contributed by atoms with Gasteiger partial charge in [-0.3, -0.25) is 0 Å². The lowest BCUT2D eigenvalue weighted by Crippen LogP contribution is -2.14. The molecular formula is C12H17N5. The quantitative estimate of drug-likeness (QED) is 0.847. The van der Waals surface area contributed by atoms with Crippen LogP contribution in [0.1, 0.15) is 36.6 Å². The minimum atomic E-state index is 0.117. The topological polar surface area (TPSA) is 66.5 Å². The van der Waals surface area contributed by atoms with E-state index < -0.39 is 0 Å². The lowest BCUT2D eigenvalue weighted by Gasteiger charge is -2.15. The molecule has 0 amide bonds. The zero-order chi connectivity index (χ0) is 12.3. The Balaban J connectivity index is 2.18. The molecule has 0 fully saturated rings. The fourth-order valence-corrected chi connectivity index (χ4v) is 1.78. The van der Waals surface area contributed by atoms with Crippen LogP contribution in [0.15, 0.2) is 18.5 Å². The van der Waals surface area contributed by atoms with Crippen molar-refractivity contribution in [1.29, 1.82) is 0 Å². The highest BCUT2D eigenvalue weighted by atomic mass is 15.1. The van der Waals surface area contributed by atoms with Gasteiger partial charge in [-0.25, -0.2) is 15.0 Å². The molecule has 2 heterocycles. The summed E-state index contributed by atoms with van der Waals surface area (Å²) in [5, 5.41) is 3.30. The molecule has 0 aliphatic rings. The third kappa shape index (κ3) is 2.81. The van der Waals surface area contributed by atoms with Crippen molar-refractivity contribution < 1.29 is 0 Å². The Morgan fingerprint density at radius 1 is 1.29 bits per heavy atom. The van der Waals surface area contributed by atoms with E-state index in [9.17, 15) is 0 Å². The highest BCUT2D eigenvalue weighted by molar-refractivity contribution is 5.30. The SMILES string of the molecule is CCC(Nc1nc(C)cc(C)n1)c1ncc[nH]1. The van der Waals surface area contributed by atoms with Crippen LogP contribution in [0.5, 0.6) is 0 Å². The number of hydrogen-bond acceptors (Lipinski definition) is 4. The summed E-state index contributed by atoms with van der Waals surface area (Å²) in [5.74, 6) is 1.57. The molecule has 0 saturated carbocycles. The number of hydrogen-bond donors (Lipinski definition) is 2. The van der Waals surface area contributed by atoms with Crippen molar-refractivity contribution in [3.05, 3.63) is 35.7 Å². The normalized spacial score (nSPS) is 12.4. The molecule has 5 nitrogen and oxygen atoms in total. The molecule has 0 aliphatic heterocycles. The van der Waals surface area contributed by atoms with Gasteiger partial charge in [-0.05, 0) is 26.3 Å². The Morgan fingerprint density at radius 3 is 2.53 bits per heavy atom. The number of aromatic amines is 1. The molecule has 2 aromatic heterocycles. The molecule has 1 atom stereocenters. The molecule has 0 radical (unpaired) electrons. The number of H-pyrrole nitrogens is 1. The van der Waals surface area contributed by atoms with E-state index in [1.165, 1.54) is 0 Å². The van der Waals surface area contributed by atoms with Crippen LogP contribution in [-0.2, 0) is 0 Å². The smallest absolute Gasteiger partial charge is 0.223 e. The third-order valence-electron chi connectivity index (χ3n) is 2.54. The molecule has 0 saturated heterocycles. The molecular weight excluding hydrogens is 214 g/mol. The first-order valence-electron chi connectivity index (χ1n) is 5.77. The molecule has 0 aliphatic carbocycles. The van der Waals surface area contributed by atoms with Crippen molar-refractivity contribution in [3.63, 3.8) is 0 Å². The lowest BCUT2D eigenvalue weighted by molar-refractivity contribution is 0.694. The van der Waals surface area contributed by atoms with E-state index in [0.29, 0.717) is 5.95 Å². The number of aromatic nitrogens is 4. The van der Waals surface area contributed by atoms with Crippen LogP contribution >= 0.6 is 0 Å². The average molecular weight is 231 g/mol. The van der Waals surface area contributed by atoms with E-state index in [0.717, 1.165) is 23.6 Å². The Morgan fingerprint density at radius 2 is 2.00 bits per heavy atom. The van der Waals surface area contributed by atoms with Gasteiger partial charge in [0.05, 0.1) is 6.04 Å². The maximum Gasteiger partial charge on any atom is 0.223 e. The first-order valence-corrected chi connectivity index (χ1v) is 5.77. The molecule has 1 unspecified atom stereocenters. The maximum absolute atomic E-state index is 4.37. The zero-order valence-corrected chi connectivity index (χ0v) is 10.4. The third-order valence-corrected chi connectivity index (χ3v) is 2.54. The van der Waals surface area contributed by atoms with E-state index in [4.69, 9.17) is 0 Å². The highest BCUT2D eigenvalue weighted by Gasteiger charge is 2.12. The van der Waals surface area contributed by atoms with Gasteiger partial charge in [-0.2, -0.15) is 0 Å². The van der Waals surface area contributed by atoms with Crippen LogP contribution in [-0.4, -0.2) is 19.9 Å². The van der Waals surface area contributed by atoms with E-state index >= 15 is 0 Å². The van der Waals surface area contributed by atoms with Crippen LogP contribution in [0.4, 0.5) is 5.95 Å². The average Bonchev–Trinajstić information content (AvgIpc) is 2.77. The first kappa shape index (κ1) is 11.6. The van der Waals surface area contributed by atoms with Crippen LogP contribution in [0.2, 0.25) is 0 Å². The second kappa shape index (κ2) is 4.95. The molecule has 90 valence electrons. The molecule has 2 rings (SSSR count). The summed E-state index contributed by atoms with van der Waals surface area (Å²) in [6, 6.07) is 2.07. The van der Waals surface area contributed by atoms with Crippen LogP contribution < -0.4 is 5.32 Å². The molecule has 0 aromatic carbocycles. The Bertz CT molecular complexity index is 457. The van der Waals surface area contributed by atoms with Crippen molar-refractivity contribution in [2.75, 3.05) is 5.32 Å². The number of rotatable bonds is 4. The molecule has 2 N–H and O–H groups in total. The molecule has 0 spiro atoms. The summed E-state index contributed by atoms with van der Waals surface area (Å²) in [6.45, 7) is 6.03. The van der Waals surface area contributed by atoms with E-state index in [1.54, 1.807) is 6.20 Å². The van der Waals surface area contributed by atoms with Crippen molar-refractivity contribution >= 4 is 5.95 Å². The van der Waals surface area contributed by atoms with Crippen LogP contribution in [0.25, 0.3) is 0 Å². The van der Waals surface area contributed by atoms with Gasteiger partial charge < -0.3 is 10.3 Å². The number of aryl methyl sites for hydroxylation is 2. The van der Waals surface area contributed by atoms with Gasteiger partial charge in [-0.1, -0.05) is 6.92 Å². The van der Waals surface area contributed by atoms with Gasteiger partial charge in [0.2, 0.25) is 5.95 Å². The summed E-state index contributed by atoms with van der Waals surface area (Å²) < 4.78 is 0. The molecule has 2 aromatic rings. The summed E-state index contributed by atoms with van der Waals surface area (Å²) >= 11 is 0. The van der Waals surface area contributed by atoms with Crippen molar-refractivity contribution in [3.8, 4) is 0 Å². The van der Waals surface area contributed by atoms with Gasteiger partial charge in [-0.15, -0.1) is 0 Å². The van der Waals surface area contributed by atoms with E-state index in [2.05, 4.69) is 32.2 Å². The summed E-state index contributed by atoms with van der Waals surface area (Å²) in [4.78, 5) is 16.1. The molecule has 5 heteroatoms. The van der Waals surface area contributed by atoms with Crippen molar-refractivity contribution in [2.45, 2.75) is 33.2 Å². The molecule has 0 bridgehead atoms. The van der Waals surface area contributed by atoms with Crippen LogP contribution in [0.3, 0.4) is 0 Å². The minimum Gasteiger partial charge on any atom is -0.347 e. The largest absolute Gasteiger partial charge is 0.347 e. The van der Waals surface area contributed by atoms with Gasteiger partial charge in [0.15, 0.2) is 0 Å². The minimum absolute atomic E-state index is 0.117. The summed E-state index contributed by atoms with van der Waals surface area (Å²) in [7, 11) is 0. The van der Waals surface area contributed by atoms with Gasteiger partial charge in [0.1, 0.15) is 5.82 Å². The standard InChI is InChI=1S/C12H17N5/c1-4-10(11-13-5-6-14-11)17-12-15-8(2)7-9(3)16-12/h5-7,10H,4H2,1-3H3,(H,13,14)(H,15,16,17). The first-order chi connectivity index (χ1) is 8.19. The number of nitrogens with zero attached hydrogens (tertiary/aromatic N) is 3. The van der Waals surface area contributed by atoms with Gasteiger partial charge in [0, 0.05) is 23.8 Å². The van der Waals surface area contributed by atoms with Gasteiger partial charge in [0.25, 0.3) is 0 Å². The Kier molecular flexibility index (Phi) is 3.37. The fourth-order valence-electron chi connectivity index (χ4n) is 1.78. The predicted octanol–water partition coefficient (Wildman–Crippen LogP) is 2.38. The Hall–Kier alpha value is -1.91. The summed E-state index contributed by atoms with van der Waals surface area (Å²) in [5.41, 5.74) is 1.93. The number of imidazole rings is 1. The highest BCUT2D eigenvalue weighted by Crippen LogP contribution is 2.17. The van der Waals surface area contributed by atoms with Gasteiger partial charge >= 0.3 is 0 Å². The monoisotopic (exact) mass is 231 g/mol. The van der Waals surface area contributed by atoms with E-state index in [1.807, 2.05) is 26.1 Å². The molecule has 17 heavy (non-hydrogen) atoms. The van der Waals surface area contributed by atoms with E-state index in [-0.39, 0.29) is 6.04 Å². The fraction of sp³-hybridized carbons (Fsp3) is 0.417. The number of anilines is 1. The second-order valence-electron chi connectivity index (χ2n) is 4.05. The maximum atomic E-state index is 4.37. The van der Waals surface area contributed by atoms with Crippen LogP contribution in [0, 0.1) is 13.8 Å². The lowest BCUT2D eigenvalue weighted by atomic mass is 10.2. The Labute approximate surface area is 101 Å². The summed E-state index contributed by atoms with van der Waals surface area (Å²) in [6.07, 6.45) is 4.49. The van der Waals surface area contributed by atoms with Crippen molar-refractivity contribution in [1.82, 2.24) is 19.9 Å². The predicted molar refractivity (Wildman–Crippen MR) is 66.7 cm³/mol. The van der Waals surface area contributed by atoms with Crippen molar-refractivity contribution in [2.24, 2.45) is 0 Å². The zero-order valence-electron chi connectivity index (χ0n) is 10.4. The second-order valence-corrected chi connectivity index (χ2v) is 4.05.